The lowest BCUT2D eigenvalue weighted by Gasteiger charge is -2.06. The molecular formula is C13H15ClN2O6. The number of carbonyl (C=O) groups is 2. The molecule has 0 fully saturated rings. The van der Waals surface area contributed by atoms with Crippen LogP contribution in [0.25, 0.3) is 0 Å². The zero-order valence-electron chi connectivity index (χ0n) is 11.8. The van der Waals surface area contributed by atoms with Gasteiger partial charge in [-0.2, -0.15) is 0 Å². The monoisotopic (exact) mass is 330 g/mol. The molecule has 1 amide bonds. The van der Waals surface area contributed by atoms with E-state index in [4.69, 9.17) is 21.1 Å². The Bertz CT molecular complexity index is 563. The molecule has 0 saturated carbocycles. The van der Waals surface area contributed by atoms with Gasteiger partial charge in [-0.15, -0.1) is 0 Å². The Hall–Kier alpha value is -2.19. The van der Waals surface area contributed by atoms with Crippen molar-refractivity contribution in [1.82, 2.24) is 5.32 Å². The molecular weight excluding hydrogens is 316 g/mol. The van der Waals surface area contributed by atoms with Gasteiger partial charge in [-0.3, -0.25) is 14.9 Å². The molecule has 8 nitrogen and oxygen atoms in total. The van der Waals surface area contributed by atoms with Gasteiger partial charge in [-0.1, -0.05) is 11.6 Å². The van der Waals surface area contributed by atoms with Crippen molar-refractivity contribution in [3.8, 4) is 0 Å². The summed E-state index contributed by atoms with van der Waals surface area (Å²) in [6.07, 6.45) is 0.638. The van der Waals surface area contributed by atoms with E-state index in [0.29, 0.717) is 19.6 Å². The molecule has 22 heavy (non-hydrogen) atoms. The van der Waals surface area contributed by atoms with Gasteiger partial charge in [0.2, 0.25) is 0 Å². The molecule has 0 aliphatic carbocycles. The second kappa shape index (κ2) is 8.96. The molecule has 0 heterocycles. The number of amides is 1. The first-order valence-electron chi connectivity index (χ1n) is 6.32. The van der Waals surface area contributed by atoms with Gasteiger partial charge in [0.15, 0.2) is 6.61 Å². The summed E-state index contributed by atoms with van der Waals surface area (Å²) in [5.74, 6) is -1.31. The number of nitrogens with zero attached hydrogens (tertiary/aromatic N) is 1. The summed E-state index contributed by atoms with van der Waals surface area (Å²) in [5.41, 5.74) is -0.455. The van der Waals surface area contributed by atoms with E-state index in [1.807, 2.05) is 0 Å². The molecule has 0 aliphatic rings. The molecule has 1 aromatic rings. The molecule has 0 atom stereocenters. The van der Waals surface area contributed by atoms with Crippen LogP contribution in [0.2, 0.25) is 5.02 Å². The molecule has 0 unspecified atom stereocenters. The van der Waals surface area contributed by atoms with Crippen LogP contribution in [0.15, 0.2) is 18.2 Å². The van der Waals surface area contributed by atoms with Crippen LogP contribution in [0.3, 0.4) is 0 Å². The third kappa shape index (κ3) is 5.66. The van der Waals surface area contributed by atoms with E-state index in [2.05, 4.69) is 5.32 Å². The summed E-state index contributed by atoms with van der Waals surface area (Å²) >= 11 is 5.64. The number of carbonyl (C=O) groups excluding carboxylic acids is 2. The summed E-state index contributed by atoms with van der Waals surface area (Å²) in [6.45, 7) is 0.438. The van der Waals surface area contributed by atoms with Crippen molar-refractivity contribution in [3.05, 3.63) is 38.9 Å². The first-order valence-corrected chi connectivity index (χ1v) is 6.70. The SMILES string of the molecule is COCCCNC(=O)COC(=O)c1ccc(Cl)c([N+](=O)[O-])c1. The van der Waals surface area contributed by atoms with Crippen molar-refractivity contribution in [2.75, 3.05) is 26.9 Å². The first-order chi connectivity index (χ1) is 10.5. The number of hydrogen-bond acceptors (Lipinski definition) is 6. The van der Waals surface area contributed by atoms with E-state index in [1.165, 1.54) is 12.1 Å². The van der Waals surface area contributed by atoms with Crippen LogP contribution < -0.4 is 5.32 Å². The molecule has 0 radical (unpaired) electrons. The summed E-state index contributed by atoms with van der Waals surface area (Å²) < 4.78 is 9.59. The maximum absolute atomic E-state index is 11.7. The maximum Gasteiger partial charge on any atom is 0.338 e. The predicted molar refractivity (Wildman–Crippen MR) is 77.9 cm³/mol. The number of ether oxygens (including phenoxy) is 2. The van der Waals surface area contributed by atoms with Gasteiger partial charge in [0, 0.05) is 26.3 Å². The Morgan fingerprint density at radius 1 is 1.41 bits per heavy atom. The third-order valence-corrected chi connectivity index (χ3v) is 2.88. The Balaban J connectivity index is 2.50. The Morgan fingerprint density at radius 3 is 2.77 bits per heavy atom. The van der Waals surface area contributed by atoms with Gasteiger partial charge in [-0.05, 0) is 18.6 Å². The summed E-state index contributed by atoms with van der Waals surface area (Å²) in [6, 6.07) is 3.51. The van der Waals surface area contributed by atoms with Gasteiger partial charge in [0.1, 0.15) is 5.02 Å². The second-order valence-electron chi connectivity index (χ2n) is 4.20. The lowest BCUT2D eigenvalue weighted by atomic mass is 10.2. The van der Waals surface area contributed by atoms with Gasteiger partial charge in [0.25, 0.3) is 11.6 Å². The van der Waals surface area contributed by atoms with Crippen molar-refractivity contribution >= 4 is 29.2 Å². The number of nitro groups is 1. The minimum Gasteiger partial charge on any atom is -0.452 e. The zero-order valence-corrected chi connectivity index (χ0v) is 12.6. The highest BCUT2D eigenvalue weighted by molar-refractivity contribution is 6.32. The lowest BCUT2D eigenvalue weighted by molar-refractivity contribution is -0.384. The molecule has 9 heteroatoms. The van der Waals surface area contributed by atoms with Crippen molar-refractivity contribution in [3.63, 3.8) is 0 Å². The summed E-state index contributed by atoms with van der Waals surface area (Å²) in [4.78, 5) is 33.2. The number of methoxy groups -OCH3 is 1. The minimum atomic E-state index is -0.841. The molecule has 0 saturated heterocycles. The number of nitro benzene ring substituents is 1. The van der Waals surface area contributed by atoms with E-state index >= 15 is 0 Å². The van der Waals surface area contributed by atoms with Crippen LogP contribution in [0.1, 0.15) is 16.8 Å². The largest absolute Gasteiger partial charge is 0.452 e. The van der Waals surface area contributed by atoms with Crippen molar-refractivity contribution in [1.29, 1.82) is 0 Å². The number of hydrogen-bond donors (Lipinski definition) is 1. The van der Waals surface area contributed by atoms with Gasteiger partial charge < -0.3 is 14.8 Å². The molecule has 0 spiro atoms. The smallest absolute Gasteiger partial charge is 0.338 e. The summed E-state index contributed by atoms with van der Waals surface area (Å²) in [7, 11) is 1.55. The van der Waals surface area contributed by atoms with Crippen LogP contribution in [-0.2, 0) is 14.3 Å². The van der Waals surface area contributed by atoms with E-state index in [-0.39, 0.29) is 10.6 Å². The number of nitrogens with one attached hydrogen (secondary N) is 1. The predicted octanol–water partition coefficient (Wildman–Crippen LogP) is 1.56. The Morgan fingerprint density at radius 2 is 2.14 bits per heavy atom. The maximum atomic E-state index is 11.7. The number of benzene rings is 1. The standard InChI is InChI=1S/C13H15ClN2O6/c1-21-6-2-5-15-12(17)8-22-13(18)9-3-4-10(14)11(7-9)16(19)20/h3-4,7H,2,5-6,8H2,1H3,(H,15,17). The Labute approximate surface area is 131 Å². The van der Waals surface area contributed by atoms with Crippen molar-refractivity contribution in [2.45, 2.75) is 6.42 Å². The molecule has 1 aromatic carbocycles. The minimum absolute atomic E-state index is 0.0525. The molecule has 120 valence electrons. The number of esters is 1. The number of rotatable bonds is 8. The van der Waals surface area contributed by atoms with E-state index in [9.17, 15) is 19.7 Å². The third-order valence-electron chi connectivity index (χ3n) is 2.56. The topological polar surface area (TPSA) is 108 Å². The van der Waals surface area contributed by atoms with Gasteiger partial charge in [-0.25, -0.2) is 4.79 Å². The average molecular weight is 331 g/mol. The highest BCUT2D eigenvalue weighted by Gasteiger charge is 2.17. The van der Waals surface area contributed by atoms with Crippen LogP contribution in [-0.4, -0.2) is 43.7 Å². The highest BCUT2D eigenvalue weighted by atomic mass is 35.5. The second-order valence-corrected chi connectivity index (χ2v) is 4.60. The van der Waals surface area contributed by atoms with Crippen LogP contribution >= 0.6 is 11.6 Å². The van der Waals surface area contributed by atoms with E-state index in [0.717, 1.165) is 6.07 Å². The van der Waals surface area contributed by atoms with E-state index < -0.39 is 29.1 Å². The van der Waals surface area contributed by atoms with Gasteiger partial charge >= 0.3 is 5.97 Å². The highest BCUT2D eigenvalue weighted by Crippen LogP contribution is 2.25. The van der Waals surface area contributed by atoms with Crippen LogP contribution in [0.5, 0.6) is 0 Å². The quantitative estimate of drug-likeness (QED) is 0.335. The van der Waals surface area contributed by atoms with Gasteiger partial charge in [0.05, 0.1) is 10.5 Å². The normalized spacial score (nSPS) is 10.1. The first kappa shape index (κ1) is 17.9. The van der Waals surface area contributed by atoms with Crippen molar-refractivity contribution < 1.29 is 24.0 Å². The fraction of sp³-hybridized carbons (Fsp3) is 0.385. The zero-order chi connectivity index (χ0) is 16.5. The Kier molecular flexibility index (Phi) is 7.27. The summed E-state index contributed by atoms with van der Waals surface area (Å²) in [5, 5.41) is 13.2. The van der Waals surface area contributed by atoms with E-state index in [1.54, 1.807) is 7.11 Å². The average Bonchev–Trinajstić information content (AvgIpc) is 2.49. The molecule has 0 bridgehead atoms. The number of halogens is 1. The van der Waals surface area contributed by atoms with Crippen LogP contribution in [0, 0.1) is 10.1 Å². The lowest BCUT2D eigenvalue weighted by Crippen LogP contribution is -2.30. The fourth-order valence-electron chi connectivity index (χ4n) is 1.49. The molecule has 0 aromatic heterocycles. The van der Waals surface area contributed by atoms with Crippen molar-refractivity contribution in [2.24, 2.45) is 0 Å². The fourth-order valence-corrected chi connectivity index (χ4v) is 1.68. The van der Waals surface area contributed by atoms with Crippen LogP contribution in [0.4, 0.5) is 5.69 Å². The molecule has 0 aliphatic heterocycles. The molecule has 1 rings (SSSR count). The molecule has 1 N–H and O–H groups in total.